The van der Waals surface area contributed by atoms with Crippen LogP contribution in [0.15, 0.2) is 18.2 Å². The number of rotatable bonds is 7. The predicted octanol–water partition coefficient (Wildman–Crippen LogP) is 3.74. The monoisotopic (exact) mass is 302 g/mol. The first kappa shape index (κ1) is 15.6. The number of hydrogen-bond donors (Lipinski definition) is 3. The van der Waals surface area contributed by atoms with Gasteiger partial charge in [-0.15, -0.1) is 0 Å². The summed E-state index contributed by atoms with van der Waals surface area (Å²) in [4.78, 5) is 0. The molecule has 2 fully saturated rings. The molecule has 2 aliphatic rings. The van der Waals surface area contributed by atoms with E-state index in [9.17, 15) is 0 Å². The molecule has 3 atom stereocenters. The first-order valence-corrected chi connectivity index (χ1v) is 8.91. The molecule has 0 spiro atoms. The van der Waals surface area contributed by atoms with Gasteiger partial charge in [0.25, 0.3) is 0 Å². The van der Waals surface area contributed by atoms with Crippen molar-refractivity contribution in [3.8, 4) is 0 Å². The van der Waals surface area contributed by atoms with E-state index >= 15 is 0 Å². The van der Waals surface area contributed by atoms with Crippen LogP contribution in [0.5, 0.6) is 0 Å². The van der Waals surface area contributed by atoms with Crippen molar-refractivity contribution in [2.45, 2.75) is 69.7 Å². The van der Waals surface area contributed by atoms with Crippen molar-refractivity contribution in [2.75, 3.05) is 12.3 Å². The molecule has 1 aliphatic heterocycles. The molecule has 122 valence electrons. The van der Waals surface area contributed by atoms with Crippen LogP contribution in [0.4, 0.5) is 5.82 Å². The van der Waals surface area contributed by atoms with Gasteiger partial charge < -0.3 is 11.1 Å². The molecule has 4 N–H and O–H groups in total. The van der Waals surface area contributed by atoms with Gasteiger partial charge in [-0.3, -0.25) is 5.10 Å². The van der Waals surface area contributed by atoms with Crippen molar-refractivity contribution < 1.29 is 0 Å². The van der Waals surface area contributed by atoms with Gasteiger partial charge in [-0.05, 0) is 70.3 Å². The summed E-state index contributed by atoms with van der Waals surface area (Å²) in [6.07, 6.45) is 11.6. The quantitative estimate of drug-likeness (QED) is 0.672. The molecule has 1 aliphatic carbocycles. The SMILES string of the molecule is C=C(CCCC1CCCN1)CC1CCC(c2cc(N)n[nH]2)C1. The Morgan fingerprint density at radius 1 is 1.36 bits per heavy atom. The molecular formula is C18H30N4. The van der Waals surface area contributed by atoms with Crippen LogP contribution in [0.2, 0.25) is 0 Å². The van der Waals surface area contributed by atoms with Gasteiger partial charge in [0.2, 0.25) is 0 Å². The molecule has 22 heavy (non-hydrogen) atoms. The molecule has 0 radical (unpaired) electrons. The van der Waals surface area contributed by atoms with Crippen LogP contribution in [0.3, 0.4) is 0 Å². The van der Waals surface area contributed by atoms with E-state index in [1.165, 1.54) is 75.6 Å². The van der Waals surface area contributed by atoms with Crippen molar-refractivity contribution in [3.63, 3.8) is 0 Å². The molecule has 1 saturated carbocycles. The average Bonchev–Trinajstić information content (AvgIpc) is 3.20. The lowest BCUT2D eigenvalue weighted by Gasteiger charge is -2.14. The molecule has 0 amide bonds. The van der Waals surface area contributed by atoms with E-state index in [-0.39, 0.29) is 0 Å². The fraction of sp³-hybridized carbons (Fsp3) is 0.722. The summed E-state index contributed by atoms with van der Waals surface area (Å²) in [6.45, 7) is 5.54. The number of nitrogens with one attached hydrogen (secondary N) is 2. The van der Waals surface area contributed by atoms with Crippen molar-refractivity contribution in [1.82, 2.24) is 15.5 Å². The Bertz CT molecular complexity index is 487. The van der Waals surface area contributed by atoms with Crippen LogP contribution in [0.25, 0.3) is 0 Å². The highest BCUT2D eigenvalue weighted by Gasteiger charge is 2.27. The molecular weight excluding hydrogens is 272 g/mol. The molecule has 1 saturated heterocycles. The largest absolute Gasteiger partial charge is 0.382 e. The fourth-order valence-electron chi connectivity index (χ4n) is 4.22. The maximum Gasteiger partial charge on any atom is 0.145 e. The number of H-pyrrole nitrogens is 1. The van der Waals surface area contributed by atoms with Gasteiger partial charge in [0, 0.05) is 23.7 Å². The molecule has 4 nitrogen and oxygen atoms in total. The van der Waals surface area contributed by atoms with E-state index in [1.807, 2.05) is 6.07 Å². The average molecular weight is 302 g/mol. The number of nitrogens with two attached hydrogens (primary N) is 1. The summed E-state index contributed by atoms with van der Waals surface area (Å²) in [5.74, 6) is 2.03. The summed E-state index contributed by atoms with van der Waals surface area (Å²) < 4.78 is 0. The minimum atomic E-state index is 0.614. The molecule has 2 heterocycles. The first-order chi connectivity index (χ1) is 10.7. The predicted molar refractivity (Wildman–Crippen MR) is 91.7 cm³/mol. The van der Waals surface area contributed by atoms with Gasteiger partial charge in [0.1, 0.15) is 5.82 Å². The van der Waals surface area contributed by atoms with Gasteiger partial charge in [0.05, 0.1) is 0 Å². The van der Waals surface area contributed by atoms with E-state index in [0.29, 0.717) is 11.7 Å². The second-order valence-corrected chi connectivity index (χ2v) is 7.26. The zero-order chi connectivity index (χ0) is 15.4. The lowest BCUT2D eigenvalue weighted by atomic mass is 9.93. The molecule has 3 rings (SSSR count). The first-order valence-electron chi connectivity index (χ1n) is 8.91. The molecule has 0 aromatic carbocycles. The van der Waals surface area contributed by atoms with Crippen LogP contribution in [-0.2, 0) is 0 Å². The number of nitrogens with zero attached hydrogens (tertiary/aromatic N) is 1. The standard InChI is InChI=1S/C18H30N4/c1-13(4-2-5-16-6-3-9-20-16)10-14-7-8-15(11-14)17-12-18(19)22-21-17/h12,14-16,20H,1-11H2,(H3,19,21,22). The third kappa shape index (κ3) is 4.13. The van der Waals surface area contributed by atoms with Crippen molar-refractivity contribution in [3.05, 3.63) is 23.9 Å². The van der Waals surface area contributed by atoms with Gasteiger partial charge in [-0.1, -0.05) is 12.2 Å². The normalized spacial score (nSPS) is 28.3. The number of hydrogen-bond acceptors (Lipinski definition) is 3. The van der Waals surface area contributed by atoms with Gasteiger partial charge in [-0.25, -0.2) is 0 Å². The Kier molecular flexibility index (Phi) is 5.19. The highest BCUT2D eigenvalue weighted by Crippen LogP contribution is 2.40. The minimum absolute atomic E-state index is 0.614. The maximum atomic E-state index is 5.71. The lowest BCUT2D eigenvalue weighted by molar-refractivity contribution is 0.501. The third-order valence-electron chi connectivity index (χ3n) is 5.42. The van der Waals surface area contributed by atoms with Gasteiger partial charge in [-0.2, -0.15) is 5.10 Å². The van der Waals surface area contributed by atoms with Crippen molar-refractivity contribution in [2.24, 2.45) is 5.92 Å². The second kappa shape index (κ2) is 7.32. The number of nitrogen functional groups attached to an aromatic ring is 1. The van der Waals surface area contributed by atoms with Crippen LogP contribution < -0.4 is 11.1 Å². The molecule has 1 aromatic heterocycles. The maximum absolute atomic E-state index is 5.71. The van der Waals surface area contributed by atoms with E-state index in [4.69, 9.17) is 5.73 Å². The summed E-state index contributed by atoms with van der Waals surface area (Å²) in [7, 11) is 0. The highest BCUT2D eigenvalue weighted by molar-refractivity contribution is 5.30. The van der Waals surface area contributed by atoms with E-state index < -0.39 is 0 Å². The third-order valence-corrected chi connectivity index (χ3v) is 5.42. The van der Waals surface area contributed by atoms with Crippen molar-refractivity contribution in [1.29, 1.82) is 0 Å². The Morgan fingerprint density at radius 2 is 2.27 bits per heavy atom. The number of aromatic amines is 1. The van der Waals surface area contributed by atoms with Crippen LogP contribution >= 0.6 is 0 Å². The Balaban J connectivity index is 1.35. The zero-order valence-electron chi connectivity index (χ0n) is 13.6. The summed E-state index contributed by atoms with van der Waals surface area (Å²) in [5.41, 5.74) is 8.38. The molecule has 1 aromatic rings. The smallest absolute Gasteiger partial charge is 0.145 e. The summed E-state index contributed by atoms with van der Waals surface area (Å²) >= 11 is 0. The topological polar surface area (TPSA) is 66.7 Å². The summed E-state index contributed by atoms with van der Waals surface area (Å²) in [5, 5.41) is 10.7. The van der Waals surface area contributed by atoms with E-state index in [1.54, 1.807) is 0 Å². The lowest BCUT2D eigenvalue weighted by Crippen LogP contribution is -2.20. The minimum Gasteiger partial charge on any atom is -0.382 e. The fourth-order valence-corrected chi connectivity index (χ4v) is 4.22. The molecule has 4 heteroatoms. The van der Waals surface area contributed by atoms with Gasteiger partial charge >= 0.3 is 0 Å². The van der Waals surface area contributed by atoms with Gasteiger partial charge in [0.15, 0.2) is 0 Å². The zero-order valence-corrected chi connectivity index (χ0v) is 13.6. The van der Waals surface area contributed by atoms with Crippen LogP contribution in [0, 0.1) is 5.92 Å². The Hall–Kier alpha value is -1.29. The number of allylic oxidation sites excluding steroid dienone is 1. The molecule has 0 bridgehead atoms. The van der Waals surface area contributed by atoms with Crippen LogP contribution in [0.1, 0.15) is 69.4 Å². The second-order valence-electron chi connectivity index (χ2n) is 7.26. The molecule has 3 unspecified atom stereocenters. The van der Waals surface area contributed by atoms with Crippen LogP contribution in [-0.4, -0.2) is 22.8 Å². The number of anilines is 1. The summed E-state index contributed by atoms with van der Waals surface area (Å²) in [6, 6.07) is 2.77. The highest BCUT2D eigenvalue weighted by atomic mass is 15.2. The Labute approximate surface area is 133 Å². The van der Waals surface area contributed by atoms with E-state index in [2.05, 4.69) is 22.1 Å². The van der Waals surface area contributed by atoms with E-state index in [0.717, 1.165) is 12.0 Å². The Morgan fingerprint density at radius 3 is 3.00 bits per heavy atom. The van der Waals surface area contributed by atoms with Crippen molar-refractivity contribution >= 4 is 5.82 Å². The number of aromatic nitrogens is 2.